The van der Waals surface area contributed by atoms with Gasteiger partial charge in [0.2, 0.25) is 0 Å². The van der Waals surface area contributed by atoms with Gasteiger partial charge in [-0.3, -0.25) is 0 Å². The van der Waals surface area contributed by atoms with Crippen molar-refractivity contribution in [3.05, 3.63) is 29.8 Å². The Morgan fingerprint density at radius 3 is 2.90 bits per heavy atom. The average molecular weight is 301 g/mol. The fraction of sp³-hybridized carbons (Fsp3) is 0.600. The van der Waals surface area contributed by atoms with Gasteiger partial charge in [-0.2, -0.15) is 0 Å². The number of aliphatic hydroxyl groups is 1. The minimum Gasteiger partial charge on any atom is -0.394 e. The number of nitrogens with one attached hydrogen (secondary N) is 1. The predicted octanol–water partition coefficient (Wildman–Crippen LogP) is 3.34. The van der Waals surface area contributed by atoms with Crippen LogP contribution in [0.2, 0.25) is 0 Å². The topological polar surface area (TPSA) is 32.3 Å². The monoisotopic (exact) mass is 301 g/mol. The normalized spacial score (nSPS) is 26.1. The molecule has 1 aromatic carbocycles. The smallest absolute Gasteiger partial charge is 0.139 e. The summed E-state index contributed by atoms with van der Waals surface area (Å²) in [5.41, 5.74) is -0.232. The number of thioether (sulfide) groups is 1. The first-order valence-electron chi connectivity index (χ1n) is 7.06. The zero-order valence-electron chi connectivity index (χ0n) is 11.7. The molecule has 0 aromatic heterocycles. The molecular weight excluding hydrogens is 280 g/mol. The van der Waals surface area contributed by atoms with Gasteiger partial charge in [0, 0.05) is 21.8 Å². The van der Waals surface area contributed by atoms with Crippen LogP contribution in [0, 0.1) is 11.6 Å². The molecule has 5 heteroatoms. The molecule has 2 unspecified atom stereocenters. The molecule has 0 amide bonds. The summed E-state index contributed by atoms with van der Waals surface area (Å²) < 4.78 is 26.5. The van der Waals surface area contributed by atoms with Crippen LogP contribution in [-0.2, 0) is 0 Å². The summed E-state index contributed by atoms with van der Waals surface area (Å²) in [4.78, 5) is 0.487. The predicted molar refractivity (Wildman–Crippen MR) is 78.0 cm³/mol. The maximum atomic E-state index is 13.7. The van der Waals surface area contributed by atoms with Gasteiger partial charge in [0.1, 0.15) is 11.6 Å². The van der Waals surface area contributed by atoms with E-state index in [0.29, 0.717) is 4.90 Å². The van der Waals surface area contributed by atoms with Gasteiger partial charge in [-0.15, -0.1) is 11.8 Å². The highest BCUT2D eigenvalue weighted by molar-refractivity contribution is 8.00. The Morgan fingerprint density at radius 1 is 1.45 bits per heavy atom. The molecule has 20 heavy (non-hydrogen) atoms. The first-order chi connectivity index (χ1) is 9.58. The third kappa shape index (κ3) is 3.71. The molecule has 1 fully saturated rings. The van der Waals surface area contributed by atoms with Gasteiger partial charge < -0.3 is 10.4 Å². The van der Waals surface area contributed by atoms with Crippen LogP contribution < -0.4 is 5.32 Å². The zero-order valence-corrected chi connectivity index (χ0v) is 12.5. The van der Waals surface area contributed by atoms with Crippen molar-refractivity contribution in [2.75, 3.05) is 13.2 Å². The fourth-order valence-corrected chi connectivity index (χ4v) is 3.99. The Kier molecular flexibility index (Phi) is 5.41. The summed E-state index contributed by atoms with van der Waals surface area (Å²) in [5, 5.41) is 13.3. The molecule has 112 valence electrons. The number of halogens is 2. The molecule has 0 radical (unpaired) electrons. The highest BCUT2D eigenvalue weighted by Gasteiger charge is 2.38. The van der Waals surface area contributed by atoms with Crippen LogP contribution in [-0.4, -0.2) is 29.0 Å². The summed E-state index contributed by atoms with van der Waals surface area (Å²) in [6, 6.07) is 3.70. The van der Waals surface area contributed by atoms with Gasteiger partial charge in [-0.05, 0) is 44.4 Å². The lowest BCUT2D eigenvalue weighted by Crippen LogP contribution is -2.46. The van der Waals surface area contributed by atoms with Crippen LogP contribution in [0.3, 0.4) is 0 Å². The first-order valence-corrected chi connectivity index (χ1v) is 7.94. The zero-order chi connectivity index (χ0) is 14.6. The van der Waals surface area contributed by atoms with Crippen molar-refractivity contribution in [2.45, 2.75) is 48.3 Å². The van der Waals surface area contributed by atoms with Crippen molar-refractivity contribution in [3.63, 3.8) is 0 Å². The number of hydrogen-bond donors (Lipinski definition) is 2. The lowest BCUT2D eigenvalue weighted by molar-refractivity contribution is 0.165. The van der Waals surface area contributed by atoms with Crippen molar-refractivity contribution in [2.24, 2.45) is 0 Å². The van der Waals surface area contributed by atoms with Crippen LogP contribution in [0.1, 0.15) is 32.6 Å². The molecule has 0 aliphatic heterocycles. The summed E-state index contributed by atoms with van der Waals surface area (Å²) >= 11 is 1.44. The molecule has 1 aliphatic carbocycles. The third-order valence-corrected chi connectivity index (χ3v) is 5.12. The molecule has 2 atom stereocenters. The van der Waals surface area contributed by atoms with Gasteiger partial charge in [0.25, 0.3) is 0 Å². The quantitative estimate of drug-likeness (QED) is 0.845. The van der Waals surface area contributed by atoms with E-state index >= 15 is 0 Å². The highest BCUT2D eigenvalue weighted by Crippen LogP contribution is 2.40. The molecule has 1 saturated carbocycles. The molecule has 0 saturated heterocycles. The molecule has 2 N–H and O–H groups in total. The van der Waals surface area contributed by atoms with Gasteiger partial charge in [0.05, 0.1) is 6.61 Å². The highest BCUT2D eigenvalue weighted by atomic mass is 32.2. The van der Waals surface area contributed by atoms with Crippen molar-refractivity contribution < 1.29 is 13.9 Å². The van der Waals surface area contributed by atoms with E-state index in [9.17, 15) is 13.9 Å². The van der Waals surface area contributed by atoms with E-state index in [4.69, 9.17) is 0 Å². The van der Waals surface area contributed by atoms with Crippen LogP contribution in [0.15, 0.2) is 23.1 Å². The lowest BCUT2D eigenvalue weighted by Gasteiger charge is -2.28. The van der Waals surface area contributed by atoms with Gasteiger partial charge >= 0.3 is 0 Å². The first kappa shape index (κ1) is 15.7. The maximum absolute atomic E-state index is 13.7. The number of benzene rings is 1. The lowest BCUT2D eigenvalue weighted by atomic mass is 9.99. The molecule has 2 rings (SSSR count). The van der Waals surface area contributed by atoms with E-state index in [1.54, 1.807) is 0 Å². The second-order valence-electron chi connectivity index (χ2n) is 5.42. The molecule has 2 nitrogen and oxygen atoms in total. The molecule has 1 aliphatic rings. The summed E-state index contributed by atoms with van der Waals surface area (Å²) in [5.74, 6) is -1.05. The standard InChI is InChI=1S/C15H21F2NOS/c1-2-7-18-15(10-19)6-5-12(9-15)20-14-4-3-11(16)8-13(14)17/h3-4,8,12,18-19H,2,5-7,9-10H2,1H3. The summed E-state index contributed by atoms with van der Waals surface area (Å²) in [7, 11) is 0. The third-order valence-electron chi connectivity index (χ3n) is 3.80. The molecule has 1 aromatic rings. The van der Waals surface area contributed by atoms with Gasteiger partial charge in [-0.25, -0.2) is 8.78 Å². The molecule has 0 spiro atoms. The summed E-state index contributed by atoms with van der Waals surface area (Å²) in [6.07, 6.45) is 3.65. The number of aliphatic hydroxyl groups excluding tert-OH is 1. The van der Waals surface area contributed by atoms with E-state index in [1.165, 1.54) is 23.9 Å². The SMILES string of the molecule is CCCNC1(CO)CCC(Sc2ccc(F)cc2F)C1. The van der Waals surface area contributed by atoms with E-state index in [0.717, 1.165) is 38.3 Å². The maximum Gasteiger partial charge on any atom is 0.139 e. The largest absolute Gasteiger partial charge is 0.394 e. The van der Waals surface area contributed by atoms with E-state index < -0.39 is 11.6 Å². The van der Waals surface area contributed by atoms with Gasteiger partial charge in [0.15, 0.2) is 0 Å². The van der Waals surface area contributed by atoms with Crippen LogP contribution in [0.25, 0.3) is 0 Å². The molecule has 0 heterocycles. The Morgan fingerprint density at radius 2 is 2.25 bits per heavy atom. The van der Waals surface area contributed by atoms with Crippen LogP contribution in [0.5, 0.6) is 0 Å². The Labute approximate surface area is 123 Å². The molecule has 0 bridgehead atoms. The van der Waals surface area contributed by atoms with Gasteiger partial charge in [-0.1, -0.05) is 6.92 Å². The fourth-order valence-electron chi connectivity index (χ4n) is 2.68. The van der Waals surface area contributed by atoms with E-state index in [-0.39, 0.29) is 17.4 Å². The Hall–Kier alpha value is -0.650. The number of rotatable bonds is 6. The van der Waals surface area contributed by atoms with Crippen molar-refractivity contribution in [1.29, 1.82) is 0 Å². The van der Waals surface area contributed by atoms with E-state index in [1.807, 2.05) is 0 Å². The van der Waals surface area contributed by atoms with Crippen molar-refractivity contribution in [3.8, 4) is 0 Å². The Balaban J connectivity index is 1.98. The second-order valence-corrected chi connectivity index (χ2v) is 6.76. The second kappa shape index (κ2) is 6.87. The summed E-state index contributed by atoms with van der Waals surface area (Å²) in [6.45, 7) is 3.08. The number of hydrogen-bond acceptors (Lipinski definition) is 3. The minimum absolute atomic E-state index is 0.107. The molecular formula is C15H21F2NOS. The minimum atomic E-state index is -0.549. The van der Waals surface area contributed by atoms with Crippen molar-refractivity contribution >= 4 is 11.8 Å². The van der Waals surface area contributed by atoms with Crippen molar-refractivity contribution in [1.82, 2.24) is 5.32 Å². The average Bonchev–Trinajstić information content (AvgIpc) is 2.84. The van der Waals surface area contributed by atoms with Crippen LogP contribution >= 0.6 is 11.8 Å². The van der Waals surface area contributed by atoms with E-state index in [2.05, 4.69) is 12.2 Å². The Bertz CT molecular complexity index is 457. The van der Waals surface area contributed by atoms with Crippen LogP contribution in [0.4, 0.5) is 8.78 Å².